The van der Waals surface area contributed by atoms with E-state index in [0.717, 1.165) is 5.56 Å². The van der Waals surface area contributed by atoms with Crippen molar-refractivity contribution in [3.63, 3.8) is 0 Å². The van der Waals surface area contributed by atoms with Crippen molar-refractivity contribution in [3.05, 3.63) is 52.3 Å². The Labute approximate surface area is 199 Å². The minimum atomic E-state index is -0.800. The summed E-state index contributed by atoms with van der Waals surface area (Å²) in [6.07, 6.45) is -0.327. The molecule has 2 aromatic carbocycles. The fourth-order valence-corrected chi connectivity index (χ4v) is 4.54. The van der Waals surface area contributed by atoms with Crippen LogP contribution >= 0.6 is 11.6 Å². The van der Waals surface area contributed by atoms with E-state index in [1.54, 1.807) is 30.3 Å². The summed E-state index contributed by atoms with van der Waals surface area (Å²) in [5.74, 6) is 0.986. The molecular weight excluding hydrogens is 464 g/mol. The largest absolute Gasteiger partial charge is 0.465 e. The van der Waals surface area contributed by atoms with Gasteiger partial charge in [0.2, 0.25) is 12.7 Å². The van der Waals surface area contributed by atoms with Crippen molar-refractivity contribution in [2.24, 2.45) is 0 Å². The van der Waals surface area contributed by atoms with Crippen LogP contribution in [0.5, 0.6) is 11.5 Å². The van der Waals surface area contributed by atoms with Gasteiger partial charge in [0, 0.05) is 24.2 Å². The van der Waals surface area contributed by atoms with Crippen LogP contribution in [-0.4, -0.2) is 64.4 Å². The van der Waals surface area contributed by atoms with Crippen LogP contribution in [0.15, 0.2) is 30.3 Å². The number of methoxy groups -OCH3 is 1. The molecule has 2 aliphatic heterocycles. The first kappa shape index (κ1) is 22.5. The Morgan fingerprint density at radius 3 is 2.88 bits per heavy atom. The number of rotatable bonds is 6. The lowest BCUT2D eigenvalue weighted by atomic mass is 10.1. The van der Waals surface area contributed by atoms with Crippen molar-refractivity contribution in [1.29, 1.82) is 0 Å². The van der Waals surface area contributed by atoms with Crippen LogP contribution in [0, 0.1) is 0 Å². The molecule has 0 aliphatic carbocycles. The third-order valence-electron chi connectivity index (χ3n) is 6.04. The number of imidazole rings is 1. The second-order valence-electron chi connectivity index (χ2n) is 8.19. The Kier molecular flexibility index (Phi) is 6.03. The molecule has 178 valence electrons. The quantitative estimate of drug-likeness (QED) is 0.451. The monoisotopic (exact) mass is 486 g/mol. The minimum Gasteiger partial charge on any atom is -0.465 e. The van der Waals surface area contributed by atoms with Crippen molar-refractivity contribution >= 4 is 34.5 Å². The van der Waals surface area contributed by atoms with Gasteiger partial charge in [0.1, 0.15) is 11.9 Å². The Balaban J connectivity index is 1.26. The lowest BCUT2D eigenvalue weighted by Crippen LogP contribution is -2.47. The van der Waals surface area contributed by atoms with Crippen molar-refractivity contribution in [3.8, 4) is 11.5 Å². The number of nitrogens with one attached hydrogen (secondary N) is 2. The first-order valence-corrected chi connectivity index (χ1v) is 11.2. The van der Waals surface area contributed by atoms with Gasteiger partial charge in [-0.3, -0.25) is 9.69 Å². The number of esters is 1. The molecule has 3 N–H and O–H groups in total. The number of aromatic amines is 1. The maximum absolute atomic E-state index is 13.0. The predicted octanol–water partition coefficient (Wildman–Crippen LogP) is 1.98. The second kappa shape index (κ2) is 9.13. The van der Waals surface area contributed by atoms with Gasteiger partial charge in [0.05, 0.1) is 36.4 Å². The van der Waals surface area contributed by atoms with E-state index in [4.69, 9.17) is 25.8 Å². The molecule has 0 spiro atoms. The summed E-state index contributed by atoms with van der Waals surface area (Å²) in [6, 6.07) is 7.77. The number of ether oxygens (including phenoxy) is 3. The second-order valence-corrected chi connectivity index (χ2v) is 8.60. The molecule has 2 atom stereocenters. The molecule has 2 aliphatic rings. The Bertz CT molecular complexity index is 1260. The number of amides is 1. The molecule has 0 bridgehead atoms. The predicted molar refractivity (Wildman–Crippen MR) is 122 cm³/mol. The van der Waals surface area contributed by atoms with E-state index in [9.17, 15) is 14.7 Å². The topological polar surface area (TPSA) is 126 Å². The smallest absolute Gasteiger partial charge is 0.337 e. The van der Waals surface area contributed by atoms with Gasteiger partial charge in [0.15, 0.2) is 11.5 Å². The summed E-state index contributed by atoms with van der Waals surface area (Å²) in [7, 11) is 1.32. The molecule has 3 aromatic rings. The summed E-state index contributed by atoms with van der Waals surface area (Å²) in [4.78, 5) is 34.2. The van der Waals surface area contributed by atoms with E-state index in [-0.39, 0.29) is 19.2 Å². The minimum absolute atomic E-state index is 0.142. The molecule has 11 heteroatoms. The van der Waals surface area contributed by atoms with Gasteiger partial charge in [-0.2, -0.15) is 0 Å². The number of carbonyl (C=O) groups is 2. The molecule has 34 heavy (non-hydrogen) atoms. The molecular formula is C23H23ClN4O6. The van der Waals surface area contributed by atoms with Crippen molar-refractivity contribution in [2.75, 3.05) is 20.4 Å². The van der Waals surface area contributed by atoms with Crippen LogP contribution in [-0.2, 0) is 22.6 Å². The van der Waals surface area contributed by atoms with Crippen LogP contribution in [0.2, 0.25) is 5.02 Å². The zero-order chi connectivity index (χ0) is 23.8. The van der Waals surface area contributed by atoms with Gasteiger partial charge in [-0.1, -0.05) is 11.6 Å². The number of hydrogen-bond acceptors (Lipinski definition) is 8. The van der Waals surface area contributed by atoms with Crippen molar-refractivity contribution in [1.82, 2.24) is 20.2 Å². The molecule has 0 saturated carbocycles. The zero-order valence-electron chi connectivity index (χ0n) is 18.3. The molecule has 1 fully saturated rings. The summed E-state index contributed by atoms with van der Waals surface area (Å²) in [5, 5.41) is 13.9. The maximum Gasteiger partial charge on any atom is 0.337 e. The van der Waals surface area contributed by atoms with Crippen molar-refractivity contribution in [2.45, 2.75) is 31.7 Å². The van der Waals surface area contributed by atoms with E-state index in [0.29, 0.717) is 58.5 Å². The van der Waals surface area contributed by atoms with E-state index >= 15 is 0 Å². The van der Waals surface area contributed by atoms with Crippen LogP contribution in [0.1, 0.15) is 28.2 Å². The van der Waals surface area contributed by atoms with Gasteiger partial charge >= 0.3 is 5.97 Å². The number of hydrogen-bond donors (Lipinski definition) is 3. The highest BCUT2D eigenvalue weighted by Gasteiger charge is 2.38. The van der Waals surface area contributed by atoms with Crippen LogP contribution < -0.4 is 14.8 Å². The third-order valence-corrected chi connectivity index (χ3v) is 6.39. The number of nitrogens with zero attached hydrogens (tertiary/aromatic N) is 2. The van der Waals surface area contributed by atoms with Crippen molar-refractivity contribution < 1.29 is 28.9 Å². The lowest BCUT2D eigenvalue weighted by molar-refractivity contribution is -0.128. The van der Waals surface area contributed by atoms with E-state index in [1.807, 2.05) is 4.90 Å². The third kappa shape index (κ3) is 4.27. The Morgan fingerprint density at radius 1 is 1.29 bits per heavy atom. The number of aromatic nitrogens is 2. The van der Waals surface area contributed by atoms with E-state index in [2.05, 4.69) is 15.3 Å². The van der Waals surface area contributed by atoms with Crippen LogP contribution in [0.4, 0.5) is 0 Å². The zero-order valence-corrected chi connectivity index (χ0v) is 19.1. The molecule has 10 nitrogen and oxygen atoms in total. The highest BCUT2D eigenvalue weighted by atomic mass is 35.5. The summed E-state index contributed by atoms with van der Waals surface area (Å²) >= 11 is 6.40. The maximum atomic E-state index is 13.0. The highest BCUT2D eigenvalue weighted by Crippen LogP contribution is 2.37. The molecule has 0 radical (unpaired) electrons. The fourth-order valence-electron chi connectivity index (χ4n) is 4.32. The summed E-state index contributed by atoms with van der Waals surface area (Å²) < 4.78 is 15.5. The van der Waals surface area contributed by atoms with E-state index < -0.39 is 18.1 Å². The average Bonchev–Trinajstić information content (AvgIpc) is 3.54. The number of carbonyl (C=O) groups excluding carboxylic acids is 2. The number of benzene rings is 2. The summed E-state index contributed by atoms with van der Waals surface area (Å²) in [6.45, 7) is 1.22. The Morgan fingerprint density at radius 2 is 2.09 bits per heavy atom. The molecule has 5 rings (SSSR count). The number of H-pyrrole nitrogens is 1. The van der Waals surface area contributed by atoms with Gasteiger partial charge in [-0.15, -0.1) is 0 Å². The molecule has 1 saturated heterocycles. The van der Waals surface area contributed by atoms with E-state index in [1.165, 1.54) is 7.11 Å². The SMILES string of the molecule is COC(=O)c1ccc2nc(CNC(=O)[C@@H]3[C@@H](O)CCN3Cc3cc4c(cc3Cl)OCO4)[nH]c2c1. The molecule has 1 aromatic heterocycles. The lowest BCUT2D eigenvalue weighted by Gasteiger charge is -2.25. The number of halogens is 1. The Hall–Kier alpha value is -3.34. The molecule has 1 amide bonds. The van der Waals surface area contributed by atoms with Crippen LogP contribution in [0.25, 0.3) is 11.0 Å². The average molecular weight is 487 g/mol. The highest BCUT2D eigenvalue weighted by molar-refractivity contribution is 6.31. The first-order chi connectivity index (χ1) is 16.4. The number of aliphatic hydroxyl groups is 1. The molecule has 3 heterocycles. The van der Waals surface area contributed by atoms with Gasteiger partial charge in [-0.05, 0) is 36.2 Å². The van der Waals surface area contributed by atoms with Crippen LogP contribution in [0.3, 0.4) is 0 Å². The first-order valence-electron chi connectivity index (χ1n) is 10.8. The number of fused-ring (bicyclic) bond motifs is 2. The van der Waals surface area contributed by atoms with Gasteiger partial charge in [-0.25, -0.2) is 9.78 Å². The fraction of sp³-hybridized carbons (Fsp3) is 0.348. The number of aliphatic hydroxyl groups excluding tert-OH is 1. The van der Waals surface area contributed by atoms with Gasteiger partial charge in [0.25, 0.3) is 0 Å². The normalized spacial score (nSPS) is 19.5. The molecule has 0 unspecified atom stereocenters. The number of likely N-dealkylation sites (tertiary alicyclic amines) is 1. The van der Waals surface area contributed by atoms with Gasteiger partial charge < -0.3 is 29.6 Å². The standard InChI is InChI=1S/C23H23ClN4O6/c1-32-23(31)12-2-3-15-16(6-12)27-20(26-15)9-25-22(30)21-17(29)4-5-28(21)10-13-7-18-19(8-14(13)24)34-11-33-18/h2-3,6-8,17,21,29H,4-5,9-11H2,1H3,(H,25,30)(H,26,27)/t17-,21-/m0/s1. The summed E-state index contributed by atoms with van der Waals surface area (Å²) in [5.41, 5.74) is 2.52.